The first-order valence-electron chi connectivity index (χ1n) is 40.6. The summed E-state index contributed by atoms with van der Waals surface area (Å²) in [6, 6.07) is 115. The van der Waals surface area contributed by atoms with Crippen LogP contribution < -0.4 is 0 Å². The number of hydrogen-bond donors (Lipinski definition) is 0. The number of rotatable bonds is 0. The molecule has 16 aromatic rings. The molecule has 16 aromatic carbocycles. The third-order valence-corrected chi connectivity index (χ3v) is 14.7. The Morgan fingerprint density at radius 1 is 0.133 bits per heavy atom. The highest BCUT2D eigenvalue weighted by Crippen LogP contribution is 2.37. The van der Waals surface area contributed by atoms with Gasteiger partial charge in [0.25, 0.3) is 0 Å². The molecule has 0 heteroatoms. The van der Waals surface area contributed by atoms with Crippen LogP contribution in [0.4, 0.5) is 0 Å². The minimum atomic E-state index is 1.10. The molecule has 17 rings (SSSR count). The average Bonchev–Trinajstić information content (AvgIpc) is 0.836. The molecule has 0 radical (unpaired) electrons. The normalized spacial score (nSPS) is 8.91. The predicted octanol–water partition coefficient (Wildman–Crippen LogP) is 35.9. The van der Waals surface area contributed by atoms with Crippen molar-refractivity contribution >= 4 is 97.0 Å². The number of fused-ring (bicyclic) bond motifs is 11. The summed E-state index contributed by atoms with van der Waals surface area (Å²) in [5.41, 5.74) is 5.75. The molecule has 0 amide bonds. The smallest absolute Gasteiger partial charge is 0.00135 e. The lowest BCUT2D eigenvalue weighted by atomic mass is 9.95. The molecule has 1 aliphatic carbocycles. The molecule has 105 heavy (non-hydrogen) atoms. The summed E-state index contributed by atoms with van der Waals surface area (Å²) in [5.74, 6) is 0. The van der Waals surface area contributed by atoms with Gasteiger partial charge in [0.2, 0.25) is 0 Å². The summed E-state index contributed by atoms with van der Waals surface area (Å²) in [6.07, 6.45) is 1.10. The maximum absolute atomic E-state index is 2.24. The maximum Gasteiger partial charge on any atom is -0.00135 e. The van der Waals surface area contributed by atoms with E-state index in [-0.39, 0.29) is 0 Å². The van der Waals surface area contributed by atoms with Crippen molar-refractivity contribution in [2.45, 2.75) is 200 Å². The molecule has 0 saturated heterocycles. The Kier molecular flexibility index (Phi) is 62.5. The molecule has 1 aliphatic rings. The molecular weight excluding hydrogens is 1260 g/mol. The van der Waals surface area contributed by atoms with Crippen LogP contribution in [0.15, 0.2) is 328 Å². The van der Waals surface area contributed by atoms with Gasteiger partial charge in [0.15, 0.2) is 0 Å². The van der Waals surface area contributed by atoms with Crippen LogP contribution in [0.2, 0.25) is 0 Å². The quantitative estimate of drug-likeness (QED) is 0.105. The highest BCUT2D eigenvalue weighted by Gasteiger charge is 2.16. The van der Waals surface area contributed by atoms with Crippen LogP contribution in [0.25, 0.3) is 108 Å². The van der Waals surface area contributed by atoms with Gasteiger partial charge in [0, 0.05) is 0 Å². The van der Waals surface area contributed by atoms with Crippen molar-refractivity contribution in [1.29, 1.82) is 0 Å². The largest absolute Gasteiger partial charge is 0.0683 e. The van der Waals surface area contributed by atoms with E-state index in [1.807, 2.05) is 230 Å². The Morgan fingerprint density at radius 3 is 0.581 bits per heavy atom. The molecule has 0 spiro atoms. The third-order valence-electron chi connectivity index (χ3n) is 14.7. The fraction of sp³-hybridized carbons (Fsp3) is 0.276. The van der Waals surface area contributed by atoms with Gasteiger partial charge in [-0.1, -0.05) is 509 Å². The first-order valence-corrected chi connectivity index (χ1v) is 40.6. The van der Waals surface area contributed by atoms with Gasteiger partial charge < -0.3 is 0 Å². The monoisotopic (exact) mass is 1400 g/mol. The van der Waals surface area contributed by atoms with Crippen molar-refractivity contribution in [1.82, 2.24) is 0 Å². The van der Waals surface area contributed by atoms with Gasteiger partial charge in [-0.25, -0.2) is 0 Å². The van der Waals surface area contributed by atoms with Crippen molar-refractivity contribution < 1.29 is 0 Å². The second-order valence-electron chi connectivity index (χ2n) is 19.5. The summed E-state index contributed by atoms with van der Waals surface area (Å²) >= 11 is 0. The molecule has 0 aliphatic heterocycles. The Bertz CT molecular complexity index is 4160. The molecule has 560 valence electrons. The van der Waals surface area contributed by atoms with Crippen molar-refractivity contribution in [2.75, 3.05) is 0 Å². The summed E-state index contributed by atoms with van der Waals surface area (Å²) in [7, 11) is 0. The van der Waals surface area contributed by atoms with E-state index >= 15 is 0 Å². The van der Waals surface area contributed by atoms with E-state index in [1.165, 1.54) is 119 Å². The van der Waals surface area contributed by atoms with Crippen molar-refractivity contribution in [3.63, 3.8) is 0 Å². The van der Waals surface area contributed by atoms with E-state index in [4.69, 9.17) is 0 Å². The lowest BCUT2D eigenvalue weighted by Gasteiger charge is -2.09. The van der Waals surface area contributed by atoms with E-state index in [0.717, 1.165) is 6.42 Å². The summed E-state index contributed by atoms with van der Waals surface area (Å²) < 4.78 is 0. The van der Waals surface area contributed by atoms with Crippen LogP contribution >= 0.6 is 0 Å². The Morgan fingerprint density at radius 2 is 0.324 bits per heavy atom. The molecular formula is C105H140. The fourth-order valence-electron chi connectivity index (χ4n) is 10.9. The highest BCUT2D eigenvalue weighted by atomic mass is 14.2. The average molecular weight is 1400 g/mol. The standard InChI is InChI=1S/C18H12.C16H10.C14H10.C13H10.C10H8.C6H6.14C2H6/c1-3-7-15-13(5-1)9-11-18-16-8-4-2-6-14(16)10-12-17(15)18;1-3-11-7-9-13-5-2-6-14-10-8-12(4-1)15(11)16(13)14;1-2-6-12-10-14-8-4-3-7-13(14)9-11(12)5-1;1-3-7-12-10(5-1)9-11-6-2-4-8-13(11)12;1-2-6-10-8-4-3-7-9(10)5-1;1-2-4-6-5-3-1;14*1-2/h1-12H;1-10H;1-10H;1-8H,9H2;1-8H;1-6H;14*1-2H3. The lowest BCUT2D eigenvalue weighted by Crippen LogP contribution is -1.82. The molecule has 0 N–H and O–H groups in total. The first kappa shape index (κ1) is 99.3. The van der Waals surface area contributed by atoms with Gasteiger partial charge in [-0.3, -0.25) is 0 Å². The Hall–Kier alpha value is -9.88. The van der Waals surface area contributed by atoms with Crippen LogP contribution in [0.5, 0.6) is 0 Å². The summed E-state index contributed by atoms with van der Waals surface area (Å²) in [4.78, 5) is 0. The molecule has 0 aromatic heterocycles. The SMILES string of the molecule is CC.CC.CC.CC.CC.CC.CC.CC.CC.CC.CC.CC.CC.CC.c1cc2ccc3cccc4ccc(c1)c2c34.c1ccc2c(c1)Cc1ccccc1-2.c1ccc2c(c1)ccc1c3ccccc3ccc21.c1ccc2cc3ccccc3cc2c1.c1ccc2ccccc2c1.c1ccccc1. The van der Waals surface area contributed by atoms with Crippen molar-refractivity contribution in [2.24, 2.45) is 0 Å². The second kappa shape index (κ2) is 66.1. The van der Waals surface area contributed by atoms with E-state index < -0.39 is 0 Å². The van der Waals surface area contributed by atoms with Crippen molar-refractivity contribution in [3.05, 3.63) is 339 Å². The van der Waals surface area contributed by atoms with E-state index in [0.29, 0.717) is 0 Å². The molecule has 0 atom stereocenters. The van der Waals surface area contributed by atoms with E-state index in [2.05, 4.69) is 291 Å². The van der Waals surface area contributed by atoms with E-state index in [9.17, 15) is 0 Å². The number of benzene rings is 16. The van der Waals surface area contributed by atoms with Crippen LogP contribution in [0.1, 0.15) is 205 Å². The van der Waals surface area contributed by atoms with Gasteiger partial charge in [0.1, 0.15) is 0 Å². The van der Waals surface area contributed by atoms with Crippen molar-refractivity contribution in [3.8, 4) is 11.1 Å². The zero-order chi connectivity index (χ0) is 79.6. The fourth-order valence-corrected chi connectivity index (χ4v) is 10.9. The minimum Gasteiger partial charge on any atom is -0.0683 e. The molecule has 0 nitrogen and oxygen atoms in total. The van der Waals surface area contributed by atoms with Crippen LogP contribution in [-0.4, -0.2) is 0 Å². The Balaban J connectivity index is -0.00000113. The van der Waals surface area contributed by atoms with Crippen LogP contribution in [0, 0.1) is 0 Å². The van der Waals surface area contributed by atoms with Gasteiger partial charge in [0.05, 0.1) is 0 Å². The molecule has 0 fully saturated rings. The second-order valence-corrected chi connectivity index (χ2v) is 19.5. The zero-order valence-electron chi connectivity index (χ0n) is 70.9. The predicted molar refractivity (Wildman–Crippen MR) is 495 cm³/mol. The van der Waals surface area contributed by atoms with E-state index in [1.54, 1.807) is 0 Å². The van der Waals surface area contributed by atoms with Crippen LogP contribution in [-0.2, 0) is 6.42 Å². The lowest BCUT2D eigenvalue weighted by molar-refractivity contribution is 1.26. The summed E-state index contributed by atoms with van der Waals surface area (Å²) in [6.45, 7) is 56.0. The van der Waals surface area contributed by atoms with Crippen LogP contribution in [0.3, 0.4) is 0 Å². The molecule has 0 heterocycles. The first-order chi connectivity index (χ1) is 52.2. The minimum absolute atomic E-state index is 1.10. The van der Waals surface area contributed by atoms with Gasteiger partial charge in [-0.2, -0.15) is 0 Å². The molecule has 0 saturated carbocycles. The van der Waals surface area contributed by atoms with Gasteiger partial charge in [-0.05, 0) is 138 Å². The Labute approximate surface area is 643 Å². The topological polar surface area (TPSA) is 0 Å². The molecule has 0 unspecified atom stereocenters. The molecule has 0 bridgehead atoms. The van der Waals surface area contributed by atoms with Gasteiger partial charge >= 0.3 is 0 Å². The number of hydrogen-bond acceptors (Lipinski definition) is 0. The summed E-state index contributed by atoms with van der Waals surface area (Å²) in [5, 5.41) is 24.0. The highest BCUT2D eigenvalue weighted by molar-refractivity contribution is 6.23. The zero-order valence-corrected chi connectivity index (χ0v) is 70.9. The maximum atomic E-state index is 2.24. The van der Waals surface area contributed by atoms with Gasteiger partial charge in [-0.15, -0.1) is 0 Å². The third kappa shape index (κ3) is 31.2.